The number of aromatic nitrogens is 1. The van der Waals surface area contributed by atoms with Crippen LogP contribution in [0.25, 0.3) is 11.1 Å². The number of oxazole rings is 1. The number of hydrogen-bond donors (Lipinski definition) is 3. The molecule has 0 unspecified atom stereocenters. The van der Waals surface area contributed by atoms with Crippen LogP contribution in [0.3, 0.4) is 0 Å². The summed E-state index contributed by atoms with van der Waals surface area (Å²) in [6, 6.07) is 13.2. The first-order valence-electron chi connectivity index (χ1n) is 7.54. The standard InChI is InChI=1S/C17H16N4O4/c1-18-16(23)20-12-6-4-5-11(9-12)19-15(22)10-21-13-7-2-3-8-14(13)25-17(21)24/h2-9H,10H2,1H3,(H,19,22)(H2,18,20,23). The lowest BCUT2D eigenvalue weighted by atomic mass is 10.2. The number of benzene rings is 2. The number of para-hydroxylation sites is 2. The Balaban J connectivity index is 1.74. The highest BCUT2D eigenvalue weighted by Gasteiger charge is 2.12. The first kappa shape index (κ1) is 16.3. The van der Waals surface area contributed by atoms with Crippen LogP contribution in [0.4, 0.5) is 16.2 Å². The molecule has 3 rings (SSSR count). The molecule has 25 heavy (non-hydrogen) atoms. The Morgan fingerprint density at radius 1 is 1.04 bits per heavy atom. The summed E-state index contributed by atoms with van der Waals surface area (Å²) in [7, 11) is 1.51. The summed E-state index contributed by atoms with van der Waals surface area (Å²) >= 11 is 0. The maximum Gasteiger partial charge on any atom is 0.420 e. The van der Waals surface area contributed by atoms with Crippen molar-refractivity contribution >= 4 is 34.4 Å². The van der Waals surface area contributed by atoms with Crippen molar-refractivity contribution in [2.45, 2.75) is 6.54 Å². The average molecular weight is 340 g/mol. The third kappa shape index (κ3) is 3.69. The molecule has 0 bridgehead atoms. The van der Waals surface area contributed by atoms with Crippen molar-refractivity contribution in [2.24, 2.45) is 0 Å². The minimum Gasteiger partial charge on any atom is -0.408 e. The first-order chi connectivity index (χ1) is 12.1. The van der Waals surface area contributed by atoms with E-state index in [1.807, 2.05) is 0 Å². The van der Waals surface area contributed by atoms with E-state index in [1.54, 1.807) is 48.5 Å². The van der Waals surface area contributed by atoms with E-state index in [2.05, 4.69) is 16.0 Å². The van der Waals surface area contributed by atoms with Crippen molar-refractivity contribution in [3.63, 3.8) is 0 Å². The highest BCUT2D eigenvalue weighted by molar-refractivity contribution is 5.93. The smallest absolute Gasteiger partial charge is 0.408 e. The molecule has 0 aliphatic carbocycles. The molecule has 8 nitrogen and oxygen atoms in total. The number of rotatable bonds is 4. The SMILES string of the molecule is CNC(=O)Nc1cccc(NC(=O)Cn2c(=O)oc3ccccc32)c1. The van der Waals surface area contributed by atoms with Crippen LogP contribution < -0.4 is 21.7 Å². The van der Waals surface area contributed by atoms with E-state index in [4.69, 9.17) is 4.42 Å². The van der Waals surface area contributed by atoms with Gasteiger partial charge in [0.25, 0.3) is 0 Å². The molecule has 128 valence electrons. The average Bonchev–Trinajstić information content (AvgIpc) is 2.90. The molecule has 0 spiro atoms. The van der Waals surface area contributed by atoms with Crippen LogP contribution in [0.2, 0.25) is 0 Å². The van der Waals surface area contributed by atoms with Gasteiger partial charge >= 0.3 is 11.8 Å². The quantitative estimate of drug-likeness (QED) is 0.675. The van der Waals surface area contributed by atoms with Gasteiger partial charge in [0, 0.05) is 18.4 Å². The maximum atomic E-state index is 12.3. The van der Waals surface area contributed by atoms with Gasteiger partial charge < -0.3 is 20.4 Å². The van der Waals surface area contributed by atoms with Gasteiger partial charge in [0.2, 0.25) is 5.91 Å². The Labute approximate surface area is 142 Å². The summed E-state index contributed by atoms with van der Waals surface area (Å²) in [5.74, 6) is -0.975. The molecule has 0 atom stereocenters. The Bertz CT molecular complexity index is 989. The summed E-state index contributed by atoms with van der Waals surface area (Å²) in [5, 5.41) is 7.75. The largest absolute Gasteiger partial charge is 0.420 e. The number of carbonyl (C=O) groups is 2. The fraction of sp³-hybridized carbons (Fsp3) is 0.118. The Morgan fingerprint density at radius 2 is 1.76 bits per heavy atom. The molecular formula is C17H16N4O4. The van der Waals surface area contributed by atoms with E-state index < -0.39 is 5.76 Å². The van der Waals surface area contributed by atoms with Gasteiger partial charge in [0.05, 0.1) is 5.52 Å². The van der Waals surface area contributed by atoms with E-state index in [1.165, 1.54) is 11.6 Å². The van der Waals surface area contributed by atoms with E-state index in [0.717, 1.165) is 0 Å². The molecule has 1 aromatic heterocycles. The van der Waals surface area contributed by atoms with Gasteiger partial charge in [0.1, 0.15) is 6.54 Å². The highest BCUT2D eigenvalue weighted by Crippen LogP contribution is 2.16. The number of hydrogen-bond acceptors (Lipinski definition) is 4. The molecule has 0 saturated carbocycles. The fourth-order valence-electron chi connectivity index (χ4n) is 2.38. The third-order valence-corrected chi connectivity index (χ3v) is 3.51. The highest BCUT2D eigenvalue weighted by atomic mass is 16.4. The zero-order valence-electron chi connectivity index (χ0n) is 13.4. The number of carbonyl (C=O) groups excluding carboxylic acids is 2. The predicted molar refractivity (Wildman–Crippen MR) is 93.6 cm³/mol. The monoisotopic (exact) mass is 340 g/mol. The molecule has 1 heterocycles. The maximum absolute atomic E-state index is 12.3. The van der Waals surface area contributed by atoms with Crippen molar-refractivity contribution in [2.75, 3.05) is 17.7 Å². The molecule has 0 fully saturated rings. The van der Waals surface area contributed by atoms with Gasteiger partial charge in [-0.3, -0.25) is 9.36 Å². The Kier molecular flexibility index (Phi) is 4.51. The van der Waals surface area contributed by atoms with Gasteiger partial charge in [0.15, 0.2) is 5.58 Å². The van der Waals surface area contributed by atoms with Crippen molar-refractivity contribution < 1.29 is 14.0 Å². The lowest BCUT2D eigenvalue weighted by molar-refractivity contribution is -0.116. The summed E-state index contributed by atoms with van der Waals surface area (Å²) in [6.07, 6.45) is 0. The number of amides is 3. The lowest BCUT2D eigenvalue weighted by Gasteiger charge is -2.09. The van der Waals surface area contributed by atoms with Crippen molar-refractivity contribution in [3.05, 3.63) is 59.1 Å². The molecule has 0 radical (unpaired) electrons. The van der Waals surface area contributed by atoms with E-state index in [9.17, 15) is 14.4 Å². The van der Waals surface area contributed by atoms with Crippen molar-refractivity contribution in [1.29, 1.82) is 0 Å². The number of nitrogens with one attached hydrogen (secondary N) is 3. The van der Waals surface area contributed by atoms with Gasteiger partial charge in [-0.25, -0.2) is 9.59 Å². The zero-order chi connectivity index (χ0) is 17.8. The minimum atomic E-state index is -0.591. The van der Waals surface area contributed by atoms with Crippen molar-refractivity contribution in [1.82, 2.24) is 9.88 Å². The lowest BCUT2D eigenvalue weighted by Crippen LogP contribution is -2.25. The number of anilines is 2. The summed E-state index contributed by atoms with van der Waals surface area (Å²) in [5.41, 5.74) is 2.01. The van der Waals surface area contributed by atoms with Crippen LogP contribution >= 0.6 is 0 Å². The van der Waals surface area contributed by atoms with E-state index in [-0.39, 0.29) is 18.5 Å². The normalized spacial score (nSPS) is 10.4. The fourth-order valence-corrected chi connectivity index (χ4v) is 2.38. The molecule has 3 aromatic rings. The molecule has 0 saturated heterocycles. The van der Waals surface area contributed by atoms with Gasteiger partial charge in [-0.05, 0) is 30.3 Å². The molecule has 2 aromatic carbocycles. The van der Waals surface area contributed by atoms with Crippen LogP contribution in [0.5, 0.6) is 0 Å². The van der Waals surface area contributed by atoms with Gasteiger partial charge in [-0.15, -0.1) is 0 Å². The molecule has 3 amide bonds. The molecule has 3 N–H and O–H groups in total. The summed E-state index contributed by atoms with van der Waals surface area (Å²) in [4.78, 5) is 35.5. The van der Waals surface area contributed by atoms with E-state index >= 15 is 0 Å². The van der Waals surface area contributed by atoms with Crippen LogP contribution in [0, 0.1) is 0 Å². The van der Waals surface area contributed by atoms with Crippen LogP contribution in [-0.4, -0.2) is 23.6 Å². The molecule has 0 aliphatic heterocycles. The Hall–Kier alpha value is -3.55. The van der Waals surface area contributed by atoms with Crippen molar-refractivity contribution in [3.8, 4) is 0 Å². The van der Waals surface area contributed by atoms with Crippen LogP contribution in [-0.2, 0) is 11.3 Å². The second-order valence-electron chi connectivity index (χ2n) is 5.25. The molecule has 0 aliphatic rings. The number of nitrogens with zero attached hydrogens (tertiary/aromatic N) is 1. The Morgan fingerprint density at radius 3 is 2.52 bits per heavy atom. The second kappa shape index (κ2) is 6.91. The number of fused-ring (bicyclic) bond motifs is 1. The summed E-state index contributed by atoms with van der Waals surface area (Å²) < 4.78 is 6.36. The zero-order valence-corrected chi connectivity index (χ0v) is 13.4. The predicted octanol–water partition coefficient (Wildman–Crippen LogP) is 1.98. The van der Waals surface area contributed by atoms with Gasteiger partial charge in [-0.2, -0.15) is 0 Å². The molecular weight excluding hydrogens is 324 g/mol. The van der Waals surface area contributed by atoms with Gasteiger partial charge in [-0.1, -0.05) is 18.2 Å². The second-order valence-corrected chi connectivity index (χ2v) is 5.25. The van der Waals surface area contributed by atoms with Crippen LogP contribution in [0.1, 0.15) is 0 Å². The topological polar surface area (TPSA) is 105 Å². The van der Waals surface area contributed by atoms with Crippen LogP contribution in [0.15, 0.2) is 57.7 Å². The number of urea groups is 1. The van der Waals surface area contributed by atoms with E-state index in [0.29, 0.717) is 22.5 Å². The first-order valence-corrected chi connectivity index (χ1v) is 7.54. The summed E-state index contributed by atoms with van der Waals surface area (Å²) in [6.45, 7) is -0.178. The minimum absolute atomic E-state index is 0.178. The third-order valence-electron chi connectivity index (χ3n) is 3.51. The molecule has 8 heteroatoms.